The largest absolute Gasteiger partial charge is 0.436 e. The fraction of sp³-hybridized carbons (Fsp3) is 0.136. The van der Waals surface area contributed by atoms with Crippen molar-refractivity contribution in [2.75, 3.05) is 11.4 Å². The molecular weight excluding hydrogens is 354 g/mol. The van der Waals surface area contributed by atoms with Crippen LogP contribution in [-0.2, 0) is 4.79 Å². The summed E-state index contributed by atoms with van der Waals surface area (Å²) in [5.41, 5.74) is 1.85. The summed E-state index contributed by atoms with van der Waals surface area (Å²) >= 11 is 0. The van der Waals surface area contributed by atoms with Crippen LogP contribution >= 0.6 is 0 Å². The zero-order valence-corrected chi connectivity index (χ0v) is 15.3. The topological polar surface area (TPSA) is 71.5 Å². The molecule has 1 aliphatic rings. The molecule has 1 atom stereocenters. The van der Waals surface area contributed by atoms with Gasteiger partial charge in [-0.25, -0.2) is 4.98 Å². The van der Waals surface area contributed by atoms with E-state index in [4.69, 9.17) is 4.74 Å². The Balaban J connectivity index is 1.61. The maximum atomic E-state index is 13.1. The third-order valence-corrected chi connectivity index (χ3v) is 4.59. The number of carbonyl (C=O) groups is 2. The standard InChI is InChI=1S/C22H19N3O3/c1-15(16-8-3-2-4-9-16)24-20(26)14-25-18-11-5-6-12-19(18)28-21-17(22(25)27)10-7-13-23-21/h2-13,15H,14H2,1H3,(H,24,26)/t15-/m1/s1. The molecule has 0 unspecified atom stereocenters. The summed E-state index contributed by atoms with van der Waals surface area (Å²) in [6, 6.07) is 20.0. The van der Waals surface area contributed by atoms with Gasteiger partial charge in [0.2, 0.25) is 11.8 Å². The van der Waals surface area contributed by atoms with Crippen molar-refractivity contribution < 1.29 is 14.3 Å². The van der Waals surface area contributed by atoms with Crippen LogP contribution in [0.2, 0.25) is 0 Å². The molecule has 1 N–H and O–H groups in total. The Kier molecular flexibility index (Phi) is 4.76. The monoisotopic (exact) mass is 373 g/mol. The molecule has 1 aliphatic heterocycles. The Morgan fingerprint density at radius 2 is 1.82 bits per heavy atom. The van der Waals surface area contributed by atoms with Crippen LogP contribution in [0.4, 0.5) is 5.69 Å². The van der Waals surface area contributed by atoms with Gasteiger partial charge in [-0.2, -0.15) is 0 Å². The van der Waals surface area contributed by atoms with Gasteiger partial charge in [-0.3, -0.25) is 14.5 Å². The normalized spacial score (nSPS) is 13.6. The van der Waals surface area contributed by atoms with Crippen LogP contribution in [0.25, 0.3) is 0 Å². The van der Waals surface area contributed by atoms with Gasteiger partial charge in [-0.15, -0.1) is 0 Å². The molecular formula is C22H19N3O3. The Bertz CT molecular complexity index is 1020. The molecule has 6 heteroatoms. The SMILES string of the molecule is C[C@@H](NC(=O)CN1C(=O)c2cccnc2Oc2ccccc21)c1ccccc1. The van der Waals surface area contributed by atoms with Crippen LogP contribution in [0.15, 0.2) is 72.9 Å². The Labute approximate surface area is 162 Å². The molecule has 2 aromatic carbocycles. The van der Waals surface area contributed by atoms with E-state index >= 15 is 0 Å². The molecule has 0 aliphatic carbocycles. The van der Waals surface area contributed by atoms with E-state index < -0.39 is 0 Å². The minimum atomic E-state index is -0.324. The molecule has 0 bridgehead atoms. The summed E-state index contributed by atoms with van der Waals surface area (Å²) in [6.07, 6.45) is 1.57. The van der Waals surface area contributed by atoms with Gasteiger partial charge in [-0.1, -0.05) is 42.5 Å². The number of hydrogen-bond acceptors (Lipinski definition) is 4. The van der Waals surface area contributed by atoms with Crippen molar-refractivity contribution in [1.29, 1.82) is 0 Å². The summed E-state index contributed by atoms with van der Waals surface area (Å²) in [5, 5.41) is 2.95. The van der Waals surface area contributed by atoms with Crippen LogP contribution in [0.5, 0.6) is 11.6 Å². The molecule has 0 fully saturated rings. The van der Waals surface area contributed by atoms with Crippen molar-refractivity contribution in [1.82, 2.24) is 10.3 Å². The molecule has 0 radical (unpaired) electrons. The number of benzene rings is 2. The molecule has 2 heterocycles. The molecule has 0 spiro atoms. The van der Waals surface area contributed by atoms with Gasteiger partial charge in [0.1, 0.15) is 12.1 Å². The second-order valence-corrected chi connectivity index (χ2v) is 6.52. The molecule has 4 rings (SSSR count). The third kappa shape index (κ3) is 3.44. The second-order valence-electron chi connectivity index (χ2n) is 6.52. The van der Waals surface area contributed by atoms with Gasteiger partial charge in [0.15, 0.2) is 5.75 Å². The predicted octanol–water partition coefficient (Wildman–Crippen LogP) is 3.71. The van der Waals surface area contributed by atoms with E-state index in [2.05, 4.69) is 10.3 Å². The minimum Gasteiger partial charge on any atom is -0.436 e. The lowest BCUT2D eigenvalue weighted by atomic mass is 10.1. The predicted molar refractivity (Wildman–Crippen MR) is 105 cm³/mol. The highest BCUT2D eigenvalue weighted by Crippen LogP contribution is 2.37. The highest BCUT2D eigenvalue weighted by atomic mass is 16.5. The van der Waals surface area contributed by atoms with Crippen LogP contribution < -0.4 is 15.0 Å². The average Bonchev–Trinajstić information content (AvgIpc) is 2.84. The van der Waals surface area contributed by atoms with Gasteiger partial charge in [-0.05, 0) is 36.8 Å². The number of ether oxygens (including phenoxy) is 1. The van der Waals surface area contributed by atoms with Gasteiger partial charge < -0.3 is 10.1 Å². The number of anilines is 1. The fourth-order valence-electron chi connectivity index (χ4n) is 3.17. The van der Waals surface area contributed by atoms with Crippen LogP contribution in [0.3, 0.4) is 0 Å². The maximum Gasteiger partial charge on any atom is 0.264 e. The molecule has 3 aromatic rings. The molecule has 28 heavy (non-hydrogen) atoms. The number of nitrogens with zero attached hydrogens (tertiary/aromatic N) is 2. The summed E-state index contributed by atoms with van der Waals surface area (Å²) in [4.78, 5) is 31.4. The van der Waals surface area contributed by atoms with E-state index in [1.54, 1.807) is 36.5 Å². The van der Waals surface area contributed by atoms with E-state index in [-0.39, 0.29) is 30.3 Å². The highest BCUT2D eigenvalue weighted by Gasteiger charge is 2.30. The number of pyridine rings is 1. The molecule has 0 saturated carbocycles. The van der Waals surface area contributed by atoms with Crippen molar-refractivity contribution in [3.63, 3.8) is 0 Å². The number of nitrogens with one attached hydrogen (secondary N) is 1. The van der Waals surface area contributed by atoms with Crippen LogP contribution in [0, 0.1) is 0 Å². The molecule has 0 saturated heterocycles. The Hall–Kier alpha value is -3.67. The number of amides is 2. The Morgan fingerprint density at radius 3 is 2.64 bits per heavy atom. The first-order valence-electron chi connectivity index (χ1n) is 9.01. The van der Waals surface area contributed by atoms with E-state index in [1.165, 1.54) is 4.90 Å². The van der Waals surface area contributed by atoms with Crippen molar-refractivity contribution in [2.45, 2.75) is 13.0 Å². The average molecular weight is 373 g/mol. The quantitative estimate of drug-likeness (QED) is 0.757. The third-order valence-electron chi connectivity index (χ3n) is 4.59. The van der Waals surface area contributed by atoms with Gasteiger partial charge >= 0.3 is 0 Å². The van der Waals surface area contributed by atoms with Crippen LogP contribution in [0.1, 0.15) is 28.9 Å². The summed E-state index contributed by atoms with van der Waals surface area (Å²) < 4.78 is 5.83. The number of hydrogen-bond donors (Lipinski definition) is 1. The molecule has 6 nitrogen and oxygen atoms in total. The van der Waals surface area contributed by atoms with E-state index in [9.17, 15) is 9.59 Å². The van der Waals surface area contributed by atoms with Crippen molar-refractivity contribution in [3.8, 4) is 11.6 Å². The van der Waals surface area contributed by atoms with E-state index in [0.717, 1.165) is 5.56 Å². The molecule has 140 valence electrons. The number of carbonyl (C=O) groups excluding carboxylic acids is 2. The lowest BCUT2D eigenvalue weighted by Gasteiger charge is -2.23. The summed E-state index contributed by atoms with van der Waals surface area (Å²) in [6.45, 7) is 1.79. The first kappa shape index (κ1) is 17.7. The van der Waals surface area contributed by atoms with Gasteiger partial charge in [0.25, 0.3) is 5.91 Å². The lowest BCUT2D eigenvalue weighted by molar-refractivity contribution is -0.120. The highest BCUT2D eigenvalue weighted by molar-refractivity contribution is 6.11. The van der Waals surface area contributed by atoms with Crippen molar-refractivity contribution >= 4 is 17.5 Å². The zero-order chi connectivity index (χ0) is 19.5. The molecule has 2 amide bonds. The van der Waals surface area contributed by atoms with Crippen molar-refractivity contribution in [3.05, 3.63) is 84.1 Å². The Morgan fingerprint density at radius 1 is 1.07 bits per heavy atom. The maximum absolute atomic E-state index is 13.1. The second kappa shape index (κ2) is 7.52. The van der Waals surface area contributed by atoms with E-state index in [1.807, 2.05) is 43.3 Å². The summed E-state index contributed by atoms with van der Waals surface area (Å²) in [5.74, 6) is 0.139. The number of para-hydroxylation sites is 2. The van der Waals surface area contributed by atoms with Crippen molar-refractivity contribution in [2.24, 2.45) is 0 Å². The number of aromatic nitrogens is 1. The first-order chi connectivity index (χ1) is 13.6. The first-order valence-corrected chi connectivity index (χ1v) is 9.01. The van der Waals surface area contributed by atoms with Crippen LogP contribution in [-0.4, -0.2) is 23.3 Å². The zero-order valence-electron chi connectivity index (χ0n) is 15.3. The number of fused-ring (bicyclic) bond motifs is 2. The lowest BCUT2D eigenvalue weighted by Crippen LogP contribution is -2.41. The summed E-state index contributed by atoms with van der Waals surface area (Å²) in [7, 11) is 0. The smallest absolute Gasteiger partial charge is 0.264 e. The van der Waals surface area contributed by atoms with Gasteiger partial charge in [0, 0.05) is 6.20 Å². The van der Waals surface area contributed by atoms with E-state index in [0.29, 0.717) is 17.0 Å². The van der Waals surface area contributed by atoms with Gasteiger partial charge in [0.05, 0.1) is 11.7 Å². The molecule has 1 aromatic heterocycles. The fourth-order valence-corrected chi connectivity index (χ4v) is 3.17. The minimum absolute atomic E-state index is 0.120. The number of rotatable bonds is 4.